The summed E-state index contributed by atoms with van der Waals surface area (Å²) in [5.41, 5.74) is 8.56. The molecule has 1 fully saturated rings. The molecule has 0 bridgehead atoms. The maximum atomic E-state index is 15.2. The van der Waals surface area contributed by atoms with E-state index in [1.54, 1.807) is 18.3 Å². The highest BCUT2D eigenvalue weighted by molar-refractivity contribution is 6.00. The summed E-state index contributed by atoms with van der Waals surface area (Å²) >= 11 is 0. The number of carbonyl (C=O) groups is 1. The van der Waals surface area contributed by atoms with Gasteiger partial charge in [-0.05, 0) is 42.3 Å². The van der Waals surface area contributed by atoms with Crippen LogP contribution in [0.15, 0.2) is 24.5 Å². The van der Waals surface area contributed by atoms with E-state index in [4.69, 9.17) is 15.6 Å². The summed E-state index contributed by atoms with van der Waals surface area (Å²) in [4.78, 5) is 20.8. The monoisotopic (exact) mass is 423 g/mol. The van der Waals surface area contributed by atoms with E-state index in [2.05, 4.69) is 20.6 Å². The van der Waals surface area contributed by atoms with Crippen molar-refractivity contribution in [3.8, 4) is 17.0 Å². The number of carbonyl (C=O) groups excluding carboxylic acids is 1. The van der Waals surface area contributed by atoms with Gasteiger partial charge in [-0.2, -0.15) is 0 Å². The van der Waals surface area contributed by atoms with Gasteiger partial charge in [0.05, 0.1) is 5.69 Å². The number of amides is 1. The van der Waals surface area contributed by atoms with Crippen molar-refractivity contribution in [2.45, 2.75) is 13.3 Å². The van der Waals surface area contributed by atoms with Gasteiger partial charge in [0, 0.05) is 48.0 Å². The Balaban J connectivity index is 1.55. The molecule has 3 heterocycles. The maximum Gasteiger partial charge on any atom is 0.237 e. The van der Waals surface area contributed by atoms with Crippen LogP contribution in [0.1, 0.15) is 12.0 Å². The van der Waals surface area contributed by atoms with Gasteiger partial charge in [-0.15, -0.1) is 0 Å². The largest absolute Gasteiger partial charge is 0.474 e. The molecule has 0 saturated heterocycles. The van der Waals surface area contributed by atoms with Gasteiger partial charge in [-0.1, -0.05) is 0 Å². The van der Waals surface area contributed by atoms with Crippen molar-refractivity contribution in [2.75, 3.05) is 36.1 Å². The first kappa shape index (κ1) is 19.5. The number of nitrogens with zero attached hydrogens (tertiary/aromatic N) is 2. The Kier molecular flexibility index (Phi) is 4.62. The molecule has 2 aliphatic rings. The standard InChI is InChI=1S/C22H22FN5O3/c1-10-15(7-27-22-20(10)25-2-3-31-22)14-4-11-6-17(26-8-16(11)19(24)18(14)23)28-21(30)13-5-12(13)9-29/h4,6-8,12-13,25,29H,2-3,5,9,24H2,1H3,(H,26,28,30)/t12-,13-/m1/s1. The van der Waals surface area contributed by atoms with Gasteiger partial charge in [0.15, 0.2) is 5.82 Å². The highest BCUT2D eigenvalue weighted by atomic mass is 19.1. The Bertz CT molecular complexity index is 1220. The molecule has 5 rings (SSSR count). The molecule has 0 spiro atoms. The third-order valence-corrected chi connectivity index (χ3v) is 5.98. The molecule has 160 valence electrons. The molecule has 3 aromatic rings. The predicted octanol–water partition coefficient (Wildman–Crippen LogP) is 2.70. The van der Waals surface area contributed by atoms with E-state index >= 15 is 4.39 Å². The summed E-state index contributed by atoms with van der Waals surface area (Å²) in [5, 5.41) is 16.3. The van der Waals surface area contributed by atoms with Gasteiger partial charge in [-0.3, -0.25) is 4.79 Å². The number of benzene rings is 1. The molecule has 1 aliphatic heterocycles. The number of hydrogen-bond acceptors (Lipinski definition) is 7. The van der Waals surface area contributed by atoms with Crippen molar-refractivity contribution in [3.63, 3.8) is 0 Å². The van der Waals surface area contributed by atoms with E-state index in [1.807, 2.05) is 6.92 Å². The van der Waals surface area contributed by atoms with Crippen LogP contribution in [-0.4, -0.2) is 40.7 Å². The van der Waals surface area contributed by atoms with Crippen LogP contribution >= 0.6 is 0 Å². The highest BCUT2D eigenvalue weighted by Crippen LogP contribution is 2.40. The lowest BCUT2D eigenvalue weighted by Gasteiger charge is -2.22. The number of nitrogens with one attached hydrogen (secondary N) is 2. The minimum atomic E-state index is -0.545. The molecule has 0 radical (unpaired) electrons. The topological polar surface area (TPSA) is 122 Å². The predicted molar refractivity (Wildman–Crippen MR) is 115 cm³/mol. The van der Waals surface area contributed by atoms with Crippen molar-refractivity contribution in [3.05, 3.63) is 35.9 Å². The Morgan fingerprint density at radius 1 is 1.35 bits per heavy atom. The number of nitrogen functional groups attached to an aromatic ring is 1. The minimum absolute atomic E-state index is 0.00350. The van der Waals surface area contributed by atoms with E-state index in [9.17, 15) is 4.79 Å². The smallest absolute Gasteiger partial charge is 0.237 e. The zero-order chi connectivity index (χ0) is 21.7. The molecule has 1 saturated carbocycles. The third kappa shape index (κ3) is 3.31. The number of nitrogens with two attached hydrogens (primary N) is 1. The van der Waals surface area contributed by atoms with Crippen LogP contribution in [-0.2, 0) is 4.79 Å². The molecule has 1 aromatic carbocycles. The number of halogens is 1. The molecule has 9 heteroatoms. The fourth-order valence-electron chi connectivity index (χ4n) is 4.04. The summed E-state index contributed by atoms with van der Waals surface area (Å²) in [7, 11) is 0. The average molecular weight is 423 g/mol. The number of pyridine rings is 2. The highest BCUT2D eigenvalue weighted by Gasteiger charge is 2.42. The van der Waals surface area contributed by atoms with E-state index in [1.165, 1.54) is 6.20 Å². The van der Waals surface area contributed by atoms with Gasteiger partial charge in [0.2, 0.25) is 11.8 Å². The van der Waals surface area contributed by atoms with Crippen LogP contribution in [0, 0.1) is 24.6 Å². The van der Waals surface area contributed by atoms with Crippen LogP contribution in [0.25, 0.3) is 21.9 Å². The summed E-state index contributed by atoms with van der Waals surface area (Å²) in [6.45, 7) is 3.05. The third-order valence-electron chi connectivity index (χ3n) is 5.98. The molecule has 8 nitrogen and oxygen atoms in total. The second-order valence-corrected chi connectivity index (χ2v) is 7.97. The Labute approximate surface area is 177 Å². The maximum absolute atomic E-state index is 15.2. The van der Waals surface area contributed by atoms with Crippen LogP contribution in [0.3, 0.4) is 0 Å². The number of ether oxygens (including phenoxy) is 1. The lowest BCUT2D eigenvalue weighted by Crippen LogP contribution is -2.20. The van der Waals surface area contributed by atoms with E-state index in [0.717, 1.165) is 11.3 Å². The number of anilines is 3. The van der Waals surface area contributed by atoms with Crippen molar-refractivity contribution in [2.24, 2.45) is 11.8 Å². The first-order valence-corrected chi connectivity index (χ1v) is 10.1. The van der Waals surface area contributed by atoms with Crippen LogP contribution < -0.4 is 21.1 Å². The fraction of sp³-hybridized carbons (Fsp3) is 0.318. The lowest BCUT2D eigenvalue weighted by molar-refractivity contribution is -0.117. The zero-order valence-electron chi connectivity index (χ0n) is 16.9. The van der Waals surface area contributed by atoms with E-state index in [0.29, 0.717) is 53.2 Å². The molecule has 1 aliphatic carbocycles. The van der Waals surface area contributed by atoms with E-state index in [-0.39, 0.29) is 30.0 Å². The van der Waals surface area contributed by atoms with Gasteiger partial charge < -0.3 is 26.2 Å². The fourth-order valence-corrected chi connectivity index (χ4v) is 4.04. The first-order chi connectivity index (χ1) is 15.0. The molecule has 2 atom stereocenters. The second kappa shape index (κ2) is 7.35. The summed E-state index contributed by atoms with van der Waals surface area (Å²) in [6.07, 6.45) is 3.70. The number of aromatic nitrogens is 2. The number of aliphatic hydroxyl groups is 1. The number of hydrogen-bond donors (Lipinski definition) is 4. The van der Waals surface area contributed by atoms with Crippen molar-refractivity contribution in [1.82, 2.24) is 9.97 Å². The molecule has 2 aromatic heterocycles. The summed E-state index contributed by atoms with van der Waals surface area (Å²) < 4.78 is 20.8. The number of rotatable bonds is 4. The summed E-state index contributed by atoms with van der Waals surface area (Å²) in [5.74, 6) is -0.0619. The molecular weight excluding hydrogens is 401 g/mol. The molecule has 5 N–H and O–H groups in total. The molecule has 31 heavy (non-hydrogen) atoms. The molecule has 1 amide bonds. The van der Waals surface area contributed by atoms with Crippen molar-refractivity contribution >= 4 is 33.9 Å². The minimum Gasteiger partial charge on any atom is -0.474 e. The average Bonchev–Trinajstić information content (AvgIpc) is 3.57. The molecule has 0 unspecified atom stereocenters. The normalized spacial score (nSPS) is 19.3. The zero-order valence-corrected chi connectivity index (χ0v) is 16.9. The van der Waals surface area contributed by atoms with Gasteiger partial charge in [0.25, 0.3) is 0 Å². The van der Waals surface area contributed by atoms with Gasteiger partial charge in [0.1, 0.15) is 18.1 Å². The van der Waals surface area contributed by atoms with Crippen molar-refractivity contribution in [1.29, 1.82) is 0 Å². The number of fused-ring (bicyclic) bond motifs is 2. The van der Waals surface area contributed by atoms with E-state index < -0.39 is 5.82 Å². The van der Waals surface area contributed by atoms with Gasteiger partial charge in [-0.25, -0.2) is 14.4 Å². The number of aliphatic hydroxyl groups excluding tert-OH is 1. The Morgan fingerprint density at radius 3 is 2.97 bits per heavy atom. The Hall–Kier alpha value is -3.46. The van der Waals surface area contributed by atoms with Crippen LogP contribution in [0.2, 0.25) is 0 Å². The van der Waals surface area contributed by atoms with Crippen LogP contribution in [0.4, 0.5) is 21.6 Å². The van der Waals surface area contributed by atoms with Crippen molar-refractivity contribution < 1.29 is 19.0 Å². The quantitative estimate of drug-likeness (QED) is 0.476. The SMILES string of the molecule is Cc1c(-c2cc3cc(NC(=O)[C@@H]4C[C@@H]4CO)ncc3c(N)c2F)cnc2c1NCCO2. The summed E-state index contributed by atoms with van der Waals surface area (Å²) in [6, 6.07) is 3.36. The van der Waals surface area contributed by atoms with Gasteiger partial charge >= 0.3 is 0 Å². The molecular formula is C22H22FN5O3. The van der Waals surface area contributed by atoms with Crippen LogP contribution in [0.5, 0.6) is 5.88 Å². The Morgan fingerprint density at radius 2 is 2.19 bits per heavy atom. The second-order valence-electron chi connectivity index (χ2n) is 7.97. The lowest BCUT2D eigenvalue weighted by atomic mass is 9.97. The first-order valence-electron chi connectivity index (χ1n) is 10.1.